The Balaban J connectivity index is 1.66. The van der Waals surface area contributed by atoms with Crippen LogP contribution in [0.25, 0.3) is 22.2 Å². The molecule has 12 nitrogen and oxygen atoms in total. The third-order valence-electron chi connectivity index (χ3n) is 6.17. The minimum atomic E-state index is -4.35. The molecule has 0 bridgehead atoms. The number of nitrogens with zero attached hydrogens (tertiary/aromatic N) is 3. The van der Waals surface area contributed by atoms with Crippen molar-refractivity contribution in [2.75, 3.05) is 25.1 Å². The summed E-state index contributed by atoms with van der Waals surface area (Å²) >= 11 is 0. The first-order valence-corrected chi connectivity index (χ1v) is 14.4. The number of nitrogens with one attached hydrogen (secondary N) is 3. The average molecular weight is 565 g/mol. The number of phosphoric acid groups is 1. The zero-order valence-corrected chi connectivity index (χ0v) is 23.3. The van der Waals surface area contributed by atoms with Crippen LogP contribution in [-0.4, -0.2) is 50.6 Å². The van der Waals surface area contributed by atoms with Gasteiger partial charge in [0.15, 0.2) is 5.82 Å². The summed E-state index contributed by atoms with van der Waals surface area (Å²) in [5.74, 6) is -0.223. The number of ether oxygens (including phenoxy) is 1. The van der Waals surface area contributed by atoms with E-state index in [9.17, 15) is 14.3 Å². The molecule has 39 heavy (non-hydrogen) atoms. The van der Waals surface area contributed by atoms with Crippen LogP contribution in [0.2, 0.25) is 0 Å². The van der Waals surface area contributed by atoms with Crippen LogP contribution in [0, 0.1) is 5.82 Å². The van der Waals surface area contributed by atoms with Crippen molar-refractivity contribution in [1.29, 1.82) is 0 Å². The van der Waals surface area contributed by atoms with Crippen LogP contribution < -0.4 is 10.6 Å². The molecule has 1 aliphatic heterocycles. The van der Waals surface area contributed by atoms with Crippen molar-refractivity contribution in [3.63, 3.8) is 0 Å². The Hall–Kier alpha value is -2.96. The van der Waals surface area contributed by atoms with Gasteiger partial charge >= 0.3 is 13.9 Å². The lowest BCUT2D eigenvalue weighted by Crippen LogP contribution is -2.28. The number of rotatable bonds is 11. The predicted molar refractivity (Wildman–Crippen MR) is 142 cm³/mol. The van der Waals surface area contributed by atoms with Gasteiger partial charge in [-0.3, -0.25) is 14.4 Å². The predicted octanol–water partition coefficient (Wildman–Crippen LogP) is 5.32. The Morgan fingerprint density at radius 2 is 2.08 bits per heavy atom. The zero-order valence-electron chi connectivity index (χ0n) is 22.4. The third kappa shape index (κ3) is 6.79. The molecule has 4 rings (SSSR count). The second-order valence-corrected chi connectivity index (χ2v) is 11.0. The molecule has 2 atom stereocenters. The molecule has 2 aromatic heterocycles. The van der Waals surface area contributed by atoms with Crippen molar-refractivity contribution >= 4 is 30.8 Å². The fourth-order valence-electron chi connectivity index (χ4n) is 4.30. The lowest BCUT2D eigenvalue weighted by atomic mass is 9.98. The van der Waals surface area contributed by atoms with Crippen molar-refractivity contribution in [2.45, 2.75) is 65.1 Å². The van der Waals surface area contributed by atoms with E-state index in [0.717, 1.165) is 12.8 Å². The number of halogens is 1. The first kappa shape index (κ1) is 29.0. The van der Waals surface area contributed by atoms with Crippen LogP contribution in [0.4, 0.5) is 15.1 Å². The fraction of sp³-hybridized carbons (Fsp3) is 0.520. The summed E-state index contributed by atoms with van der Waals surface area (Å²) in [4.78, 5) is 38.1. The molecule has 3 heterocycles. The highest BCUT2D eigenvalue weighted by molar-refractivity contribution is 7.47. The second-order valence-electron chi connectivity index (χ2n) is 9.67. The monoisotopic (exact) mass is 564 g/mol. The van der Waals surface area contributed by atoms with Crippen molar-refractivity contribution in [3.8, 4) is 11.1 Å². The minimum Gasteiger partial charge on any atom is -0.373 e. The van der Waals surface area contributed by atoms with Crippen molar-refractivity contribution in [3.05, 3.63) is 35.7 Å². The van der Waals surface area contributed by atoms with Crippen LogP contribution in [0.5, 0.6) is 0 Å². The number of hydrogen-bond acceptors (Lipinski definition) is 8. The van der Waals surface area contributed by atoms with Crippen molar-refractivity contribution in [2.24, 2.45) is 0 Å². The molecule has 1 saturated heterocycles. The van der Waals surface area contributed by atoms with Crippen molar-refractivity contribution < 1.29 is 32.4 Å². The van der Waals surface area contributed by atoms with Crippen molar-refractivity contribution in [1.82, 2.24) is 25.3 Å². The van der Waals surface area contributed by atoms with E-state index in [1.165, 1.54) is 12.4 Å². The first-order chi connectivity index (χ1) is 18.5. The number of urea groups is 1. The van der Waals surface area contributed by atoms with E-state index in [4.69, 9.17) is 13.8 Å². The highest BCUT2D eigenvalue weighted by atomic mass is 31.2. The number of phosphoric ester groups is 1. The molecule has 0 saturated carbocycles. The van der Waals surface area contributed by atoms with E-state index in [1.54, 1.807) is 26.8 Å². The third-order valence-corrected chi connectivity index (χ3v) is 7.37. The zero-order chi connectivity index (χ0) is 28.2. The molecule has 14 heteroatoms. The van der Waals surface area contributed by atoms with E-state index >= 15 is 4.39 Å². The number of unbranched alkanes of at least 4 members (excludes halogenated alkanes) is 1. The minimum absolute atomic E-state index is 0.0860. The van der Waals surface area contributed by atoms with Gasteiger partial charge in [-0.15, -0.1) is 0 Å². The van der Waals surface area contributed by atoms with E-state index in [-0.39, 0.29) is 23.9 Å². The van der Waals surface area contributed by atoms with Gasteiger partial charge < -0.3 is 19.9 Å². The lowest BCUT2D eigenvalue weighted by Gasteiger charge is -2.25. The van der Waals surface area contributed by atoms with Crippen LogP contribution >= 0.6 is 7.82 Å². The van der Waals surface area contributed by atoms with E-state index in [0.29, 0.717) is 48.2 Å². The Kier molecular flexibility index (Phi) is 8.97. The quantitative estimate of drug-likeness (QED) is 0.178. The largest absolute Gasteiger partial charge is 0.473 e. The number of benzene rings is 1. The van der Waals surface area contributed by atoms with E-state index in [2.05, 4.69) is 30.6 Å². The van der Waals surface area contributed by atoms with Gasteiger partial charge in [0.1, 0.15) is 11.4 Å². The summed E-state index contributed by atoms with van der Waals surface area (Å²) < 4.78 is 44.5. The van der Waals surface area contributed by atoms with Gasteiger partial charge in [-0.25, -0.2) is 28.7 Å². The summed E-state index contributed by atoms with van der Waals surface area (Å²) in [6.45, 7) is 7.85. The van der Waals surface area contributed by atoms with E-state index < -0.39 is 31.4 Å². The van der Waals surface area contributed by atoms with Gasteiger partial charge in [-0.05, 0) is 46.1 Å². The number of H-pyrrole nitrogens is 1. The molecule has 0 spiro atoms. The van der Waals surface area contributed by atoms with Gasteiger partial charge in [0, 0.05) is 42.2 Å². The van der Waals surface area contributed by atoms with Gasteiger partial charge in [0.25, 0.3) is 0 Å². The number of imidazole rings is 1. The molecule has 4 N–H and O–H groups in total. The number of fused-ring (bicyclic) bond motifs is 1. The second kappa shape index (κ2) is 12.1. The Morgan fingerprint density at radius 3 is 2.72 bits per heavy atom. The number of amides is 2. The summed E-state index contributed by atoms with van der Waals surface area (Å²) in [6, 6.07) is 1.11. The van der Waals surface area contributed by atoms with E-state index in [1.807, 2.05) is 6.92 Å². The maximum absolute atomic E-state index is 16.0. The van der Waals surface area contributed by atoms with Gasteiger partial charge in [-0.1, -0.05) is 13.3 Å². The summed E-state index contributed by atoms with van der Waals surface area (Å²) in [7, 11) is -4.35. The van der Waals surface area contributed by atoms with Crippen LogP contribution in [0.1, 0.15) is 70.9 Å². The standard InChI is InChI=1S/C25H34FN6O6P/c1-5-7-11-37-39(34,35)38-25(3,4)22-28-13-15(14-29-22)16-12-17-21(19(20(16)26)18-9-8-10-36-18)31-23(30-17)32-24(33)27-6-2/h12-14,18H,5-11H2,1-4H3,(H,34,35)(H3,27,30,31,32,33)/t18-/m1/s1. The van der Waals surface area contributed by atoms with Crippen LogP contribution in [0.3, 0.4) is 0 Å². The number of anilines is 1. The molecule has 212 valence electrons. The van der Waals surface area contributed by atoms with Crippen LogP contribution in [0.15, 0.2) is 18.5 Å². The summed E-state index contributed by atoms with van der Waals surface area (Å²) in [6.07, 6.45) is 5.19. The molecular formula is C25H34FN6O6P. The number of hydrogen-bond donors (Lipinski definition) is 4. The highest BCUT2D eigenvalue weighted by Crippen LogP contribution is 2.49. The van der Waals surface area contributed by atoms with Crippen LogP contribution in [-0.2, 0) is 24.0 Å². The molecule has 0 aliphatic carbocycles. The molecular weight excluding hydrogens is 530 g/mol. The molecule has 0 radical (unpaired) electrons. The Bertz CT molecular complexity index is 1360. The first-order valence-electron chi connectivity index (χ1n) is 12.9. The Labute approximate surface area is 225 Å². The molecule has 1 fully saturated rings. The summed E-state index contributed by atoms with van der Waals surface area (Å²) in [5, 5.41) is 5.24. The molecule has 1 unspecified atom stereocenters. The normalized spacial score (nSPS) is 17.3. The maximum Gasteiger partial charge on any atom is 0.473 e. The van der Waals surface area contributed by atoms with Gasteiger partial charge in [0.2, 0.25) is 5.95 Å². The average Bonchev–Trinajstić information content (AvgIpc) is 3.53. The molecule has 2 amide bonds. The number of aromatic nitrogens is 4. The van der Waals surface area contributed by atoms with Gasteiger partial charge in [-0.2, -0.15) is 0 Å². The summed E-state index contributed by atoms with van der Waals surface area (Å²) in [5.41, 5.74) is 0.383. The molecule has 1 aromatic carbocycles. The highest BCUT2D eigenvalue weighted by Gasteiger charge is 2.36. The molecule has 3 aromatic rings. The number of carbonyl (C=O) groups is 1. The van der Waals surface area contributed by atoms with Gasteiger partial charge in [0.05, 0.1) is 23.7 Å². The lowest BCUT2D eigenvalue weighted by molar-refractivity contribution is 0.0395. The molecule has 1 aliphatic rings. The smallest absolute Gasteiger partial charge is 0.373 e. The SMILES string of the molecule is CCCCOP(=O)(O)OC(C)(C)c1ncc(-c2cc3nc(NC(=O)NCC)[nH]c3c([C@H]3CCCO3)c2F)cn1. The maximum atomic E-state index is 16.0. The number of aromatic amines is 1. The topological polar surface area (TPSA) is 161 Å². The fourth-order valence-corrected chi connectivity index (χ4v) is 5.37. The Morgan fingerprint density at radius 1 is 1.33 bits per heavy atom. The number of carbonyl (C=O) groups excluding carboxylic acids is 1.